The molecular formula is C24H25N3O4. The molecule has 4 rings (SSSR count). The van der Waals surface area contributed by atoms with Crippen molar-refractivity contribution in [2.24, 2.45) is 0 Å². The second kappa shape index (κ2) is 7.41. The normalized spacial score (nSPS) is 18.8. The van der Waals surface area contributed by atoms with Crippen molar-refractivity contribution in [1.82, 2.24) is 15.2 Å². The van der Waals surface area contributed by atoms with Gasteiger partial charge in [0.15, 0.2) is 5.78 Å². The fourth-order valence-corrected chi connectivity index (χ4v) is 4.03. The van der Waals surface area contributed by atoms with Crippen molar-refractivity contribution in [3.63, 3.8) is 0 Å². The van der Waals surface area contributed by atoms with Crippen molar-refractivity contribution in [3.8, 4) is 11.3 Å². The summed E-state index contributed by atoms with van der Waals surface area (Å²) in [4.78, 5) is 54.7. The lowest BCUT2D eigenvalue weighted by molar-refractivity contribution is -0.136. The molecule has 0 radical (unpaired) electrons. The largest absolute Gasteiger partial charge is 0.322 e. The molecule has 2 aliphatic heterocycles. The lowest BCUT2D eigenvalue weighted by Gasteiger charge is -2.29. The Morgan fingerprint density at radius 1 is 1.13 bits per heavy atom. The minimum Gasteiger partial charge on any atom is -0.322 e. The maximum atomic E-state index is 12.9. The molecule has 1 fully saturated rings. The lowest BCUT2D eigenvalue weighted by Crippen LogP contribution is -2.52. The average Bonchev–Trinajstić information content (AvgIpc) is 3.02. The zero-order chi connectivity index (χ0) is 22.5. The van der Waals surface area contributed by atoms with Gasteiger partial charge in [0.25, 0.3) is 5.91 Å². The molecule has 1 N–H and O–H groups in total. The third kappa shape index (κ3) is 3.87. The van der Waals surface area contributed by atoms with Crippen LogP contribution in [0.5, 0.6) is 0 Å². The molecule has 3 heterocycles. The number of carbonyl (C=O) groups excluding carboxylic acids is 4. The number of pyridine rings is 1. The van der Waals surface area contributed by atoms with Crippen LogP contribution in [0.3, 0.4) is 0 Å². The number of hydrogen-bond acceptors (Lipinski definition) is 5. The summed E-state index contributed by atoms with van der Waals surface area (Å²) in [5, 5.41) is 2.31. The number of aromatic nitrogens is 1. The van der Waals surface area contributed by atoms with E-state index in [0.717, 1.165) is 16.7 Å². The number of nitrogens with one attached hydrogen (secondary N) is 1. The second-order valence-electron chi connectivity index (χ2n) is 9.20. The van der Waals surface area contributed by atoms with E-state index in [4.69, 9.17) is 0 Å². The van der Waals surface area contributed by atoms with Crippen LogP contribution in [-0.4, -0.2) is 39.4 Å². The van der Waals surface area contributed by atoms with Crippen molar-refractivity contribution >= 4 is 23.5 Å². The highest BCUT2D eigenvalue weighted by Crippen LogP contribution is 2.32. The summed E-state index contributed by atoms with van der Waals surface area (Å²) in [7, 11) is 0. The summed E-state index contributed by atoms with van der Waals surface area (Å²) in [5.74, 6) is -1.05. The van der Waals surface area contributed by atoms with E-state index < -0.39 is 11.9 Å². The number of piperidine rings is 1. The first-order valence-corrected chi connectivity index (χ1v) is 10.4. The summed E-state index contributed by atoms with van der Waals surface area (Å²) >= 11 is 0. The van der Waals surface area contributed by atoms with Gasteiger partial charge >= 0.3 is 0 Å². The van der Waals surface area contributed by atoms with Crippen LogP contribution in [0.4, 0.5) is 0 Å². The molecule has 0 bridgehead atoms. The minimum atomic E-state index is -0.646. The van der Waals surface area contributed by atoms with E-state index in [0.29, 0.717) is 29.9 Å². The van der Waals surface area contributed by atoms with Gasteiger partial charge in [0.2, 0.25) is 11.8 Å². The fraction of sp³-hybridized carbons (Fsp3) is 0.375. The predicted octanol–water partition coefficient (Wildman–Crippen LogP) is 3.01. The van der Waals surface area contributed by atoms with Gasteiger partial charge in [-0.3, -0.25) is 24.5 Å². The third-order valence-electron chi connectivity index (χ3n) is 5.87. The molecule has 160 valence electrons. The van der Waals surface area contributed by atoms with Crippen LogP contribution < -0.4 is 5.32 Å². The Morgan fingerprint density at radius 2 is 1.87 bits per heavy atom. The van der Waals surface area contributed by atoms with Crippen molar-refractivity contribution < 1.29 is 19.2 Å². The van der Waals surface area contributed by atoms with E-state index in [1.807, 2.05) is 24.3 Å². The summed E-state index contributed by atoms with van der Waals surface area (Å²) < 4.78 is 0. The quantitative estimate of drug-likeness (QED) is 0.609. The Morgan fingerprint density at radius 3 is 2.52 bits per heavy atom. The van der Waals surface area contributed by atoms with Gasteiger partial charge in [-0.1, -0.05) is 26.8 Å². The Bertz CT molecular complexity index is 1130. The SMILES string of the molecule is CC(=O)c1cc(C(C)(C)C)cc(-c2ccc3c(c2)CN(C2CCC(=O)NC2=O)C3=O)n1. The van der Waals surface area contributed by atoms with Crippen LogP contribution in [-0.2, 0) is 21.5 Å². The molecule has 1 saturated heterocycles. The lowest BCUT2D eigenvalue weighted by atomic mass is 9.86. The molecule has 7 nitrogen and oxygen atoms in total. The number of Topliss-reactive ketones (excluding diaryl/α,β-unsaturated/α-hetero) is 1. The van der Waals surface area contributed by atoms with Crippen molar-refractivity contribution in [2.45, 2.75) is 58.5 Å². The van der Waals surface area contributed by atoms with Gasteiger partial charge in [0.05, 0.1) is 5.69 Å². The Hall–Kier alpha value is -3.35. The number of ketones is 1. The first kappa shape index (κ1) is 20.9. The monoisotopic (exact) mass is 419 g/mol. The van der Waals surface area contributed by atoms with Crippen molar-refractivity contribution in [1.29, 1.82) is 0 Å². The summed E-state index contributed by atoms with van der Waals surface area (Å²) in [5.41, 5.74) is 4.09. The number of rotatable bonds is 3. The summed E-state index contributed by atoms with van der Waals surface area (Å²) in [6.07, 6.45) is 0.549. The van der Waals surface area contributed by atoms with Gasteiger partial charge in [-0.2, -0.15) is 0 Å². The molecule has 1 unspecified atom stereocenters. The molecule has 7 heteroatoms. The number of fused-ring (bicyclic) bond motifs is 1. The smallest absolute Gasteiger partial charge is 0.255 e. The van der Waals surface area contributed by atoms with Crippen molar-refractivity contribution in [2.75, 3.05) is 0 Å². The van der Waals surface area contributed by atoms with Crippen LogP contribution in [0.15, 0.2) is 30.3 Å². The fourth-order valence-electron chi connectivity index (χ4n) is 4.03. The number of imide groups is 1. The number of hydrogen-bond donors (Lipinski definition) is 1. The van der Waals surface area contributed by atoms with Gasteiger partial charge in [-0.25, -0.2) is 4.98 Å². The highest BCUT2D eigenvalue weighted by Gasteiger charge is 2.39. The Kier molecular flexibility index (Phi) is 5.00. The predicted molar refractivity (Wildman–Crippen MR) is 114 cm³/mol. The highest BCUT2D eigenvalue weighted by molar-refractivity contribution is 6.05. The molecule has 1 atom stereocenters. The standard InChI is InChI=1S/C24H25N3O4/c1-13(28)18-10-16(24(2,3)4)11-19(25-18)14-5-6-17-15(9-14)12-27(23(17)31)20-7-8-21(29)26-22(20)30/h5-6,9-11,20H,7-8,12H2,1-4H3,(H,26,29,30). The van der Waals surface area contributed by atoms with Crippen LogP contribution in [0.2, 0.25) is 0 Å². The molecule has 0 saturated carbocycles. The summed E-state index contributed by atoms with van der Waals surface area (Å²) in [6, 6.07) is 8.63. The zero-order valence-corrected chi connectivity index (χ0v) is 18.1. The van der Waals surface area contributed by atoms with E-state index in [1.54, 1.807) is 6.07 Å². The third-order valence-corrected chi connectivity index (χ3v) is 5.87. The molecule has 1 aromatic heterocycles. The first-order valence-electron chi connectivity index (χ1n) is 10.4. The topological polar surface area (TPSA) is 96.4 Å². The molecule has 2 aromatic rings. The van der Waals surface area contributed by atoms with E-state index in [-0.39, 0.29) is 29.4 Å². The van der Waals surface area contributed by atoms with Gasteiger partial charge in [0, 0.05) is 31.0 Å². The van der Waals surface area contributed by atoms with Crippen LogP contribution in [0.1, 0.15) is 72.5 Å². The van der Waals surface area contributed by atoms with Gasteiger partial charge in [0.1, 0.15) is 11.7 Å². The molecular weight excluding hydrogens is 394 g/mol. The van der Waals surface area contributed by atoms with Crippen molar-refractivity contribution in [3.05, 3.63) is 52.7 Å². The minimum absolute atomic E-state index is 0.104. The zero-order valence-electron chi connectivity index (χ0n) is 18.1. The number of amides is 3. The molecule has 3 amide bonds. The first-order chi connectivity index (χ1) is 14.5. The number of benzene rings is 1. The molecule has 31 heavy (non-hydrogen) atoms. The number of nitrogens with zero attached hydrogens (tertiary/aromatic N) is 2. The van der Waals surface area contributed by atoms with Crippen LogP contribution in [0, 0.1) is 0 Å². The molecule has 0 spiro atoms. The van der Waals surface area contributed by atoms with E-state index in [1.165, 1.54) is 11.8 Å². The van der Waals surface area contributed by atoms with Gasteiger partial charge in [-0.15, -0.1) is 0 Å². The van der Waals surface area contributed by atoms with E-state index >= 15 is 0 Å². The number of carbonyl (C=O) groups is 4. The molecule has 2 aliphatic rings. The average molecular weight is 419 g/mol. The maximum absolute atomic E-state index is 12.9. The maximum Gasteiger partial charge on any atom is 0.255 e. The Labute approximate surface area is 180 Å². The van der Waals surface area contributed by atoms with Crippen LogP contribution in [0.25, 0.3) is 11.3 Å². The molecule has 1 aromatic carbocycles. The van der Waals surface area contributed by atoms with E-state index in [9.17, 15) is 19.2 Å². The highest BCUT2D eigenvalue weighted by atomic mass is 16.2. The van der Waals surface area contributed by atoms with E-state index in [2.05, 4.69) is 31.1 Å². The second-order valence-corrected chi connectivity index (χ2v) is 9.20. The van der Waals surface area contributed by atoms with Gasteiger partial charge < -0.3 is 4.90 Å². The molecule has 0 aliphatic carbocycles. The van der Waals surface area contributed by atoms with Gasteiger partial charge in [-0.05, 0) is 47.2 Å². The Balaban J connectivity index is 1.69. The summed E-state index contributed by atoms with van der Waals surface area (Å²) in [6.45, 7) is 8.03. The van der Waals surface area contributed by atoms with Crippen LogP contribution >= 0.6 is 0 Å².